The molecule has 6 aliphatic rings. The van der Waals surface area contributed by atoms with Crippen molar-refractivity contribution < 1.29 is 41.2 Å². The van der Waals surface area contributed by atoms with Crippen molar-refractivity contribution in [2.45, 2.75) is 14.7 Å². The number of benzene rings is 8. The molecule has 0 fully saturated rings. The molecule has 0 saturated heterocycles. The molecule has 0 bridgehead atoms. The molecule has 8 aromatic carbocycles. The molecule has 0 amide bonds. The lowest BCUT2D eigenvalue weighted by atomic mass is 9.31. The molecule has 0 aliphatic carbocycles. The van der Waals surface area contributed by atoms with Crippen molar-refractivity contribution in [3.05, 3.63) is 139 Å². The number of hydrogen-bond acceptors (Lipinski definition) is 11. The Labute approximate surface area is 435 Å². The number of rotatable bonds is 4. The normalized spacial score (nSPS) is 14.3. The lowest BCUT2D eigenvalue weighted by Crippen LogP contribution is -2.63. The minimum absolute atomic E-state index is 0.234. The maximum Gasteiger partial charge on any atom is 0.273 e. The van der Waals surface area contributed by atoms with Crippen LogP contribution < -0.4 is 76.4 Å². The van der Waals surface area contributed by atoms with Gasteiger partial charge in [0.05, 0.1) is 0 Å². The summed E-state index contributed by atoms with van der Waals surface area (Å²) in [5.74, 6) is 3.82. The van der Waals surface area contributed by atoms with E-state index in [-0.39, 0.29) is 24.0 Å². The van der Waals surface area contributed by atoms with Gasteiger partial charge in [-0.1, -0.05) is 18.2 Å². The minimum Gasteiger partial charge on any atom is -0.458 e. The zero-order valence-corrected chi connectivity index (χ0v) is 42.3. The van der Waals surface area contributed by atoms with E-state index in [1.807, 2.05) is 67.3 Å². The largest absolute Gasteiger partial charge is 0.458 e. The Morgan fingerprint density at radius 3 is 1.42 bits per heavy atom. The highest BCUT2D eigenvalue weighted by Gasteiger charge is 2.50. The van der Waals surface area contributed by atoms with Gasteiger partial charge < -0.3 is 28.6 Å². The van der Waals surface area contributed by atoms with E-state index in [1.165, 1.54) is 59.5 Å². The van der Waals surface area contributed by atoms with Crippen LogP contribution in [-0.2, 0) is 0 Å². The van der Waals surface area contributed by atoms with Gasteiger partial charge in [0.2, 0.25) is 0 Å². The highest BCUT2D eigenvalue weighted by atomic mass is 32.2. The van der Waals surface area contributed by atoms with Crippen molar-refractivity contribution in [2.24, 2.45) is 0 Å². The zero-order chi connectivity index (χ0) is 48.9. The van der Waals surface area contributed by atoms with Gasteiger partial charge in [0, 0.05) is 78.8 Å². The van der Waals surface area contributed by atoms with E-state index in [1.54, 1.807) is 58.0 Å². The molecule has 350 valence electrons. The van der Waals surface area contributed by atoms with Crippen molar-refractivity contribution in [3.8, 4) is 57.5 Å². The number of ether oxygens (including phenoxy) is 5. The number of thioether (sulfide) groups is 3. The summed E-state index contributed by atoms with van der Waals surface area (Å²) in [4.78, 5) is 4.37. The number of para-hydroxylation sites is 1. The summed E-state index contributed by atoms with van der Waals surface area (Å²) < 4.78 is 101. The summed E-state index contributed by atoms with van der Waals surface area (Å²) in [6.45, 7) is -1.29. The van der Waals surface area contributed by atoms with E-state index in [2.05, 4.69) is 12.1 Å². The fraction of sp³-hybridized carbons (Fsp3) is 0.0545. The van der Waals surface area contributed by atoms with Gasteiger partial charge in [-0.15, -0.1) is 58.0 Å². The second kappa shape index (κ2) is 15.3. The van der Waals surface area contributed by atoms with Gasteiger partial charge in [-0.05, 0) is 131 Å². The Morgan fingerprint density at radius 1 is 0.425 bits per heavy atom. The third-order valence-electron chi connectivity index (χ3n) is 14.9. The number of halogens is 4. The Morgan fingerprint density at radius 2 is 0.877 bits per heavy atom. The van der Waals surface area contributed by atoms with Gasteiger partial charge in [-0.3, -0.25) is 0 Å². The molecule has 0 atom stereocenters. The van der Waals surface area contributed by atoms with E-state index in [9.17, 15) is 4.39 Å². The van der Waals surface area contributed by atoms with Crippen LogP contribution >= 0.6 is 58.0 Å². The van der Waals surface area contributed by atoms with Gasteiger partial charge in [0.1, 0.15) is 86.5 Å². The molecule has 0 N–H and O–H groups in total. The summed E-state index contributed by atoms with van der Waals surface area (Å²) in [7, 11) is 0. The van der Waals surface area contributed by atoms with Crippen LogP contribution in [0.25, 0.3) is 20.2 Å². The van der Waals surface area contributed by atoms with Gasteiger partial charge in [0.15, 0.2) is 0 Å². The Kier molecular flexibility index (Phi) is 8.97. The molecular weight excluding hydrogens is 1020 g/mol. The fourth-order valence-electron chi connectivity index (χ4n) is 11.8. The summed E-state index contributed by atoms with van der Waals surface area (Å²) in [6, 6.07) is 33.7. The van der Waals surface area contributed by atoms with Crippen LogP contribution in [0.1, 0.15) is 0 Å². The predicted molar refractivity (Wildman–Crippen MR) is 294 cm³/mol. The second-order valence-electron chi connectivity index (χ2n) is 18.6. The summed E-state index contributed by atoms with van der Waals surface area (Å²) in [5.41, 5.74) is 6.69. The van der Waals surface area contributed by atoms with E-state index in [0.717, 1.165) is 71.9 Å². The van der Waals surface area contributed by atoms with Crippen LogP contribution in [0.2, 0.25) is 0 Å². The van der Waals surface area contributed by atoms with E-state index in [0.29, 0.717) is 79.6 Å². The molecule has 18 heteroatoms. The highest BCUT2D eigenvalue weighted by Crippen LogP contribution is 2.49. The van der Waals surface area contributed by atoms with Crippen molar-refractivity contribution in [2.75, 3.05) is 23.7 Å². The van der Waals surface area contributed by atoms with Crippen molar-refractivity contribution in [3.63, 3.8) is 0 Å². The quantitative estimate of drug-likeness (QED) is 0.0975. The van der Waals surface area contributed by atoms with Crippen molar-refractivity contribution in [1.82, 2.24) is 0 Å². The minimum atomic E-state index is -0.736. The predicted octanol–water partition coefficient (Wildman–Crippen LogP) is 10.7. The van der Waals surface area contributed by atoms with Gasteiger partial charge >= 0.3 is 0 Å². The Bertz CT molecular complexity index is 4210. The maximum atomic E-state index is 16.6. The summed E-state index contributed by atoms with van der Waals surface area (Å²) >= 11 is 7.73. The van der Waals surface area contributed by atoms with Crippen LogP contribution in [0.15, 0.2) is 130 Å². The highest BCUT2D eigenvalue weighted by molar-refractivity contribution is 7.99. The number of hydrogen-bond donors (Lipinski definition) is 0. The number of anilines is 3. The van der Waals surface area contributed by atoms with Gasteiger partial charge in [-0.25, -0.2) is 17.6 Å². The second-order valence-corrected chi connectivity index (χ2v) is 23.4. The average molecular weight is 1050 g/mol. The zero-order valence-electron chi connectivity index (χ0n) is 38.2. The third-order valence-corrected chi connectivity index (χ3v) is 19.4. The first kappa shape index (κ1) is 42.9. The van der Waals surface area contributed by atoms with Crippen LogP contribution in [0.4, 0.5) is 34.6 Å². The maximum absolute atomic E-state index is 16.6. The van der Waals surface area contributed by atoms with Crippen molar-refractivity contribution in [1.29, 1.82) is 0 Å². The Hall–Kier alpha value is -6.56. The van der Waals surface area contributed by atoms with Crippen LogP contribution in [0, 0.1) is 23.3 Å². The monoisotopic (exact) mass is 1050 g/mol. The lowest BCUT2D eigenvalue weighted by molar-refractivity contribution is 0.450. The van der Waals surface area contributed by atoms with Crippen molar-refractivity contribution >= 4 is 163 Å². The molecule has 0 saturated carbocycles. The molecule has 16 rings (SSSR count). The SMILES string of the molecule is CSc1cc2c3c(c1)Oc1cc4c(cc1B3c1cc3c(cc1O2)Oc1cc(SC)cc2c1B3c1sc3ccc(F)cc3c1O2)B1c2sc3ccc(F)cc3c2Oc2cc(SC)cc(c21)N4c1c(F)cccc1F. The van der Waals surface area contributed by atoms with E-state index < -0.39 is 25.1 Å². The average Bonchev–Trinajstić information content (AvgIpc) is 3.94. The molecular formula is C55H28B3F4NO5S5. The molecule has 73 heavy (non-hydrogen) atoms. The molecule has 8 heterocycles. The molecule has 2 aromatic heterocycles. The molecule has 6 nitrogen and oxygen atoms in total. The van der Waals surface area contributed by atoms with Gasteiger partial charge in [-0.2, -0.15) is 0 Å². The topological polar surface area (TPSA) is 49.4 Å². The Balaban J connectivity index is 0.970. The molecule has 6 aliphatic heterocycles. The first-order valence-electron chi connectivity index (χ1n) is 23.2. The molecule has 0 unspecified atom stereocenters. The van der Waals surface area contributed by atoms with Crippen LogP contribution in [0.5, 0.6) is 57.5 Å². The number of fused-ring (bicyclic) bond motifs is 16. The molecule has 0 spiro atoms. The van der Waals surface area contributed by atoms with Crippen LogP contribution in [-0.4, -0.2) is 38.9 Å². The molecule has 0 radical (unpaired) electrons. The first-order chi connectivity index (χ1) is 35.6. The third kappa shape index (κ3) is 5.89. The number of nitrogens with zero attached hydrogens (tertiary/aromatic N) is 1. The molecule has 10 aromatic rings. The summed E-state index contributed by atoms with van der Waals surface area (Å²) in [6.07, 6.45) is 5.95. The van der Waals surface area contributed by atoms with E-state index >= 15 is 13.2 Å². The van der Waals surface area contributed by atoms with E-state index in [4.69, 9.17) is 23.7 Å². The van der Waals surface area contributed by atoms with Gasteiger partial charge in [0.25, 0.3) is 20.1 Å². The first-order valence-corrected chi connectivity index (χ1v) is 28.5. The standard InChI is InChI=1S/C55H28B3F4NO5S5/c1-69-25-13-37-48-41(14-25)67-52-28-11-23(59)7-9-46(28)72-54(52)57(48)30-19-31-38(21-36(30)63(37)51-34(61)5-4-6-35(51)62)64-42-15-26(70-2)16-43-49(42)56(31)32-20-33-40(22-39(32)65-43)66-44-17-27(71-3)18-45-50(44)58(33)55-53(68-45)29-12-24(60)8-10-47(29)73-55/h4-22H,1-3H3. The van der Waals surface area contributed by atoms with Crippen LogP contribution in [0.3, 0.4) is 0 Å². The number of thiophene rings is 2. The fourth-order valence-corrected chi connectivity index (χ4v) is 15.7. The smallest absolute Gasteiger partial charge is 0.273 e. The lowest BCUT2D eigenvalue weighted by Gasteiger charge is -2.41. The summed E-state index contributed by atoms with van der Waals surface area (Å²) in [5, 5.41) is 1.36.